The van der Waals surface area contributed by atoms with Gasteiger partial charge < -0.3 is 4.74 Å². The van der Waals surface area contributed by atoms with E-state index in [1.807, 2.05) is 62.4 Å². The van der Waals surface area contributed by atoms with E-state index < -0.39 is 0 Å². The molecule has 0 atom stereocenters. The van der Waals surface area contributed by atoms with E-state index in [9.17, 15) is 4.39 Å². The number of hydrogen-bond donors (Lipinski definition) is 0. The molecule has 0 unspecified atom stereocenters. The molecule has 0 bridgehead atoms. The molecule has 0 aromatic heterocycles. The van der Waals surface area contributed by atoms with E-state index in [4.69, 9.17) is 4.74 Å². The number of rotatable bonds is 1. The number of methoxy groups -OCH3 is 1. The lowest BCUT2D eigenvalue weighted by Gasteiger charge is -2.03. The fourth-order valence-electron chi connectivity index (χ4n) is 2.54. The van der Waals surface area contributed by atoms with Gasteiger partial charge in [0.25, 0.3) is 0 Å². The van der Waals surface area contributed by atoms with E-state index in [1.54, 1.807) is 13.2 Å². The van der Waals surface area contributed by atoms with Crippen LogP contribution in [-0.2, 0) is 0 Å². The first-order valence-corrected chi connectivity index (χ1v) is 8.60. The average Bonchev–Trinajstić information content (AvgIpc) is 2.67. The summed E-state index contributed by atoms with van der Waals surface area (Å²) in [5.74, 6) is 12.6. The molecule has 0 aliphatic carbocycles. The molecule has 2 heteroatoms. The molecule has 3 aromatic rings. The van der Waals surface area contributed by atoms with Crippen LogP contribution < -0.4 is 4.74 Å². The molecule has 132 valence electrons. The molecule has 0 heterocycles. The Morgan fingerprint density at radius 1 is 0.667 bits per heavy atom. The maximum atomic E-state index is 13.8. The van der Waals surface area contributed by atoms with Gasteiger partial charge >= 0.3 is 0 Å². The molecule has 0 fully saturated rings. The maximum absolute atomic E-state index is 13.8. The Balaban J connectivity index is 1.79. The molecular formula is C25H19FO. The molecule has 0 amide bonds. The summed E-state index contributed by atoms with van der Waals surface area (Å²) in [6.45, 7) is 3.87. The van der Waals surface area contributed by atoms with Crippen molar-refractivity contribution in [2.45, 2.75) is 13.8 Å². The largest absolute Gasteiger partial charge is 0.495 e. The highest BCUT2D eigenvalue weighted by Gasteiger charge is 2.00. The third-order valence-corrected chi connectivity index (χ3v) is 4.05. The van der Waals surface area contributed by atoms with Gasteiger partial charge in [0.05, 0.1) is 18.2 Å². The first kappa shape index (κ1) is 18.3. The molecule has 3 rings (SSSR count). The SMILES string of the molecule is COc1cc(C)ccc1C#Cc1ccc(C#Cc2ccc(C)cc2F)cc1. The molecule has 1 nitrogen and oxygen atoms in total. The van der Waals surface area contributed by atoms with Crippen molar-refractivity contribution in [3.63, 3.8) is 0 Å². The van der Waals surface area contributed by atoms with Gasteiger partial charge in [0, 0.05) is 11.1 Å². The quantitative estimate of drug-likeness (QED) is 0.542. The Labute approximate surface area is 159 Å². The first-order chi connectivity index (χ1) is 13.0. The van der Waals surface area contributed by atoms with Gasteiger partial charge in [0.15, 0.2) is 0 Å². The standard InChI is InChI=1S/C25H19FO/c1-18-4-12-22(24(26)16-18)14-10-20-6-8-21(9-7-20)11-15-23-13-5-19(2)17-25(23)27-3/h4-9,12-13,16-17H,1-3H3. The van der Waals surface area contributed by atoms with E-state index in [-0.39, 0.29) is 5.82 Å². The Kier molecular flexibility index (Phi) is 5.60. The highest BCUT2D eigenvalue weighted by Crippen LogP contribution is 2.18. The summed E-state index contributed by atoms with van der Waals surface area (Å²) in [6.07, 6.45) is 0. The molecule has 0 saturated heterocycles. The predicted octanol–water partition coefficient (Wildman–Crippen LogP) is 5.25. The lowest BCUT2D eigenvalue weighted by molar-refractivity contribution is 0.413. The zero-order valence-electron chi connectivity index (χ0n) is 15.6. The number of ether oxygens (including phenoxy) is 1. The van der Waals surface area contributed by atoms with Gasteiger partial charge in [-0.3, -0.25) is 0 Å². The molecule has 0 spiro atoms. The van der Waals surface area contributed by atoms with Crippen LogP contribution >= 0.6 is 0 Å². The van der Waals surface area contributed by atoms with Crippen LogP contribution in [0.25, 0.3) is 0 Å². The monoisotopic (exact) mass is 354 g/mol. The molecule has 0 aliphatic heterocycles. The number of benzene rings is 3. The van der Waals surface area contributed by atoms with Crippen molar-refractivity contribution in [2.24, 2.45) is 0 Å². The van der Waals surface area contributed by atoms with E-state index in [0.29, 0.717) is 5.56 Å². The topological polar surface area (TPSA) is 9.23 Å². The summed E-state index contributed by atoms with van der Waals surface area (Å²) < 4.78 is 19.2. The fourth-order valence-corrected chi connectivity index (χ4v) is 2.54. The molecule has 0 N–H and O–H groups in total. The van der Waals surface area contributed by atoms with E-state index in [0.717, 1.165) is 33.6 Å². The summed E-state index contributed by atoms with van der Waals surface area (Å²) >= 11 is 0. The van der Waals surface area contributed by atoms with Crippen molar-refractivity contribution < 1.29 is 9.13 Å². The second kappa shape index (κ2) is 8.26. The molecule has 0 saturated carbocycles. The summed E-state index contributed by atoms with van der Waals surface area (Å²) in [5.41, 5.74) is 4.95. The van der Waals surface area contributed by atoms with Crippen LogP contribution in [0.2, 0.25) is 0 Å². The highest BCUT2D eigenvalue weighted by molar-refractivity contribution is 5.52. The summed E-state index contributed by atoms with van der Waals surface area (Å²) in [4.78, 5) is 0. The van der Waals surface area contributed by atoms with Gasteiger partial charge in [0.1, 0.15) is 11.6 Å². The van der Waals surface area contributed by atoms with Crippen LogP contribution in [0.1, 0.15) is 33.4 Å². The smallest absolute Gasteiger partial charge is 0.139 e. The number of hydrogen-bond acceptors (Lipinski definition) is 1. The highest BCUT2D eigenvalue weighted by atomic mass is 19.1. The zero-order chi connectivity index (χ0) is 19.2. The average molecular weight is 354 g/mol. The van der Waals surface area contributed by atoms with Crippen LogP contribution in [0.15, 0.2) is 60.7 Å². The minimum Gasteiger partial charge on any atom is -0.495 e. The number of aryl methyl sites for hydroxylation is 2. The molecule has 3 aromatic carbocycles. The van der Waals surface area contributed by atoms with E-state index in [2.05, 4.69) is 23.7 Å². The van der Waals surface area contributed by atoms with Crippen LogP contribution in [-0.4, -0.2) is 7.11 Å². The summed E-state index contributed by atoms with van der Waals surface area (Å²) in [7, 11) is 1.64. The van der Waals surface area contributed by atoms with Crippen molar-refractivity contribution in [1.29, 1.82) is 0 Å². The van der Waals surface area contributed by atoms with Crippen LogP contribution in [0.5, 0.6) is 5.75 Å². The van der Waals surface area contributed by atoms with Crippen LogP contribution in [0.4, 0.5) is 4.39 Å². The summed E-state index contributed by atoms with van der Waals surface area (Å²) in [6, 6.07) is 18.6. The fraction of sp³-hybridized carbons (Fsp3) is 0.120. The Morgan fingerprint density at radius 2 is 1.19 bits per heavy atom. The first-order valence-electron chi connectivity index (χ1n) is 8.60. The minimum atomic E-state index is -0.294. The third-order valence-electron chi connectivity index (χ3n) is 4.05. The lowest BCUT2D eigenvalue weighted by atomic mass is 10.1. The second-order valence-corrected chi connectivity index (χ2v) is 6.26. The Morgan fingerprint density at radius 3 is 1.74 bits per heavy atom. The predicted molar refractivity (Wildman–Crippen MR) is 107 cm³/mol. The minimum absolute atomic E-state index is 0.294. The van der Waals surface area contributed by atoms with Crippen molar-refractivity contribution in [3.8, 4) is 29.4 Å². The zero-order valence-corrected chi connectivity index (χ0v) is 15.6. The van der Waals surface area contributed by atoms with Crippen molar-refractivity contribution in [3.05, 3.63) is 99.9 Å². The van der Waals surface area contributed by atoms with Crippen molar-refractivity contribution in [2.75, 3.05) is 7.11 Å². The summed E-state index contributed by atoms with van der Waals surface area (Å²) in [5, 5.41) is 0. The molecular weight excluding hydrogens is 335 g/mol. The molecule has 27 heavy (non-hydrogen) atoms. The normalized spacial score (nSPS) is 9.63. The van der Waals surface area contributed by atoms with Crippen LogP contribution in [0, 0.1) is 43.3 Å². The van der Waals surface area contributed by atoms with Crippen molar-refractivity contribution in [1.82, 2.24) is 0 Å². The number of halogens is 1. The lowest BCUT2D eigenvalue weighted by Crippen LogP contribution is -1.88. The van der Waals surface area contributed by atoms with Gasteiger partial charge in [-0.1, -0.05) is 35.8 Å². The van der Waals surface area contributed by atoms with Crippen molar-refractivity contribution >= 4 is 0 Å². The maximum Gasteiger partial charge on any atom is 0.139 e. The van der Waals surface area contributed by atoms with Gasteiger partial charge in [-0.05, 0) is 73.5 Å². The van der Waals surface area contributed by atoms with Gasteiger partial charge in [-0.2, -0.15) is 0 Å². The van der Waals surface area contributed by atoms with E-state index in [1.165, 1.54) is 6.07 Å². The van der Waals surface area contributed by atoms with Gasteiger partial charge in [0.2, 0.25) is 0 Å². The molecule has 0 aliphatic rings. The van der Waals surface area contributed by atoms with E-state index >= 15 is 0 Å². The molecule has 0 radical (unpaired) electrons. The Bertz CT molecular complexity index is 1090. The van der Waals surface area contributed by atoms with Crippen LogP contribution in [0.3, 0.4) is 0 Å². The van der Waals surface area contributed by atoms with Gasteiger partial charge in [-0.15, -0.1) is 0 Å². The second-order valence-electron chi connectivity index (χ2n) is 6.26. The third kappa shape index (κ3) is 4.78. The van der Waals surface area contributed by atoms with Gasteiger partial charge in [-0.25, -0.2) is 4.39 Å². The Hall–Kier alpha value is -3.49.